The first-order valence-corrected chi connectivity index (χ1v) is 6.27. The summed E-state index contributed by atoms with van der Waals surface area (Å²) in [5.74, 6) is 3.21. The van der Waals surface area contributed by atoms with Crippen LogP contribution in [0.3, 0.4) is 0 Å². The van der Waals surface area contributed by atoms with Crippen LogP contribution in [0.25, 0.3) is 0 Å². The molecule has 13 heavy (non-hydrogen) atoms. The minimum absolute atomic E-state index is 0.994. The average Bonchev–Trinajstić information content (AvgIpc) is 2.84. The van der Waals surface area contributed by atoms with E-state index >= 15 is 0 Å². The summed E-state index contributed by atoms with van der Waals surface area (Å²) < 4.78 is 0. The van der Waals surface area contributed by atoms with Gasteiger partial charge in [-0.1, -0.05) is 52.9 Å². The highest BCUT2D eigenvalue weighted by Gasteiger charge is 2.35. The van der Waals surface area contributed by atoms with Gasteiger partial charge in [0.15, 0.2) is 0 Å². The van der Waals surface area contributed by atoms with Crippen molar-refractivity contribution in [3.63, 3.8) is 0 Å². The van der Waals surface area contributed by atoms with Crippen LogP contribution in [0.1, 0.15) is 65.7 Å². The topological polar surface area (TPSA) is 0 Å². The number of hydrogen-bond acceptors (Lipinski definition) is 0. The molecule has 3 unspecified atom stereocenters. The van der Waals surface area contributed by atoms with E-state index in [-0.39, 0.29) is 0 Å². The first kappa shape index (κ1) is 11.1. The van der Waals surface area contributed by atoms with Crippen LogP contribution in [0, 0.1) is 17.8 Å². The van der Waals surface area contributed by atoms with Crippen molar-refractivity contribution < 1.29 is 0 Å². The Morgan fingerprint density at radius 2 is 1.92 bits per heavy atom. The summed E-state index contributed by atoms with van der Waals surface area (Å²) in [6.45, 7) is 7.08. The molecule has 0 aliphatic heterocycles. The van der Waals surface area contributed by atoms with Gasteiger partial charge < -0.3 is 0 Å². The van der Waals surface area contributed by atoms with E-state index < -0.39 is 0 Å². The molecule has 0 heteroatoms. The molecule has 0 saturated heterocycles. The Labute approximate surface area is 84.1 Å². The summed E-state index contributed by atoms with van der Waals surface area (Å²) in [7, 11) is 0. The maximum Gasteiger partial charge on any atom is -0.0381 e. The summed E-state index contributed by atoms with van der Waals surface area (Å²) >= 11 is 0. The normalized spacial score (nSPS) is 28.8. The van der Waals surface area contributed by atoms with Gasteiger partial charge in [0.2, 0.25) is 0 Å². The van der Waals surface area contributed by atoms with Gasteiger partial charge in [-0.15, -0.1) is 0 Å². The summed E-state index contributed by atoms with van der Waals surface area (Å²) in [4.78, 5) is 0. The lowest BCUT2D eigenvalue weighted by Crippen LogP contribution is -1.97. The first-order valence-electron chi connectivity index (χ1n) is 6.27. The second kappa shape index (κ2) is 5.67. The van der Waals surface area contributed by atoms with Crippen molar-refractivity contribution in [3.05, 3.63) is 0 Å². The van der Waals surface area contributed by atoms with E-state index in [0.29, 0.717) is 0 Å². The van der Waals surface area contributed by atoms with Crippen molar-refractivity contribution in [2.24, 2.45) is 17.8 Å². The van der Waals surface area contributed by atoms with Crippen LogP contribution in [-0.4, -0.2) is 0 Å². The zero-order valence-electron chi connectivity index (χ0n) is 9.68. The lowest BCUT2D eigenvalue weighted by atomic mass is 9.96. The molecular formula is C13H26. The second-order valence-corrected chi connectivity index (χ2v) is 5.00. The fourth-order valence-electron chi connectivity index (χ4n) is 2.48. The Kier molecular flexibility index (Phi) is 4.83. The van der Waals surface area contributed by atoms with Crippen LogP contribution in [0.15, 0.2) is 0 Å². The molecule has 0 aromatic heterocycles. The lowest BCUT2D eigenvalue weighted by Gasteiger charge is -2.10. The van der Waals surface area contributed by atoms with Crippen molar-refractivity contribution in [2.45, 2.75) is 65.7 Å². The molecule has 0 aromatic carbocycles. The largest absolute Gasteiger partial charge is 0.0654 e. The fourth-order valence-corrected chi connectivity index (χ4v) is 2.48. The third-order valence-electron chi connectivity index (χ3n) is 3.60. The van der Waals surface area contributed by atoms with Crippen molar-refractivity contribution in [1.29, 1.82) is 0 Å². The van der Waals surface area contributed by atoms with Crippen LogP contribution in [0.4, 0.5) is 0 Å². The van der Waals surface area contributed by atoms with E-state index in [4.69, 9.17) is 0 Å². The van der Waals surface area contributed by atoms with E-state index in [1.165, 1.54) is 44.9 Å². The van der Waals surface area contributed by atoms with Crippen LogP contribution in [-0.2, 0) is 0 Å². The quantitative estimate of drug-likeness (QED) is 0.503. The molecule has 0 spiro atoms. The van der Waals surface area contributed by atoms with Gasteiger partial charge in [0.05, 0.1) is 0 Å². The average molecular weight is 182 g/mol. The van der Waals surface area contributed by atoms with Crippen molar-refractivity contribution in [2.75, 3.05) is 0 Å². The summed E-state index contributed by atoms with van der Waals surface area (Å²) in [6, 6.07) is 0. The van der Waals surface area contributed by atoms with Gasteiger partial charge in [-0.3, -0.25) is 0 Å². The first-order chi connectivity index (χ1) is 6.27. The van der Waals surface area contributed by atoms with Crippen LogP contribution < -0.4 is 0 Å². The van der Waals surface area contributed by atoms with Crippen LogP contribution in [0.2, 0.25) is 0 Å². The van der Waals surface area contributed by atoms with Crippen LogP contribution in [0.5, 0.6) is 0 Å². The standard InChI is InChI=1S/C13H26/c1-4-6-7-8-11(3)9-13-10-12(13)5-2/h11-13H,4-10H2,1-3H3. The van der Waals surface area contributed by atoms with Crippen molar-refractivity contribution in [3.8, 4) is 0 Å². The van der Waals surface area contributed by atoms with Gasteiger partial charge in [0, 0.05) is 0 Å². The van der Waals surface area contributed by atoms with Gasteiger partial charge in [0.1, 0.15) is 0 Å². The molecule has 1 aliphatic carbocycles. The van der Waals surface area contributed by atoms with Crippen molar-refractivity contribution in [1.82, 2.24) is 0 Å². The molecule has 3 atom stereocenters. The zero-order chi connectivity index (χ0) is 9.68. The number of hydrogen-bond donors (Lipinski definition) is 0. The molecule has 0 aromatic rings. The van der Waals surface area contributed by atoms with E-state index in [1.54, 1.807) is 0 Å². The van der Waals surface area contributed by atoms with E-state index in [9.17, 15) is 0 Å². The molecule has 0 heterocycles. The second-order valence-electron chi connectivity index (χ2n) is 5.00. The Morgan fingerprint density at radius 1 is 1.15 bits per heavy atom. The highest BCUT2D eigenvalue weighted by atomic mass is 14.4. The van der Waals surface area contributed by atoms with Gasteiger partial charge in [-0.2, -0.15) is 0 Å². The molecule has 0 nitrogen and oxygen atoms in total. The predicted octanol–water partition coefficient (Wildman–Crippen LogP) is 4.64. The molecule has 0 amide bonds. The predicted molar refractivity (Wildman–Crippen MR) is 59.8 cm³/mol. The molecule has 1 saturated carbocycles. The van der Waals surface area contributed by atoms with Gasteiger partial charge in [-0.05, 0) is 30.6 Å². The Balaban J connectivity index is 1.95. The number of rotatable bonds is 7. The van der Waals surface area contributed by atoms with Gasteiger partial charge in [0.25, 0.3) is 0 Å². The van der Waals surface area contributed by atoms with E-state index in [2.05, 4.69) is 20.8 Å². The minimum Gasteiger partial charge on any atom is -0.0654 e. The summed E-state index contributed by atoms with van der Waals surface area (Å²) in [6.07, 6.45) is 10.2. The molecular weight excluding hydrogens is 156 g/mol. The van der Waals surface area contributed by atoms with Crippen molar-refractivity contribution >= 4 is 0 Å². The van der Waals surface area contributed by atoms with Gasteiger partial charge >= 0.3 is 0 Å². The summed E-state index contributed by atoms with van der Waals surface area (Å²) in [5.41, 5.74) is 0. The molecule has 0 bridgehead atoms. The van der Waals surface area contributed by atoms with Gasteiger partial charge in [-0.25, -0.2) is 0 Å². The molecule has 1 fully saturated rings. The molecule has 0 radical (unpaired) electrons. The fraction of sp³-hybridized carbons (Fsp3) is 1.00. The number of unbranched alkanes of at least 4 members (excludes halogenated alkanes) is 2. The third-order valence-corrected chi connectivity index (χ3v) is 3.60. The third kappa shape index (κ3) is 4.15. The Morgan fingerprint density at radius 3 is 2.46 bits per heavy atom. The molecule has 0 N–H and O–H groups in total. The molecule has 78 valence electrons. The highest BCUT2D eigenvalue weighted by molar-refractivity contribution is 4.85. The SMILES string of the molecule is CCCCCC(C)CC1CC1CC. The smallest absolute Gasteiger partial charge is 0.0381 e. The van der Waals surface area contributed by atoms with Crippen LogP contribution >= 0.6 is 0 Å². The monoisotopic (exact) mass is 182 g/mol. The highest BCUT2D eigenvalue weighted by Crippen LogP contribution is 2.45. The zero-order valence-corrected chi connectivity index (χ0v) is 9.68. The maximum absolute atomic E-state index is 2.45. The molecule has 1 rings (SSSR count). The van der Waals surface area contributed by atoms with E-state index in [1.807, 2.05) is 0 Å². The minimum atomic E-state index is 0.994. The maximum atomic E-state index is 2.45. The Hall–Kier alpha value is 0. The van der Waals surface area contributed by atoms with E-state index in [0.717, 1.165) is 17.8 Å². The Bertz CT molecular complexity index is 128. The summed E-state index contributed by atoms with van der Waals surface area (Å²) in [5, 5.41) is 0. The molecule has 1 aliphatic rings. The lowest BCUT2D eigenvalue weighted by molar-refractivity contribution is 0.426.